The van der Waals surface area contributed by atoms with Crippen LogP contribution in [0.4, 0.5) is 17.3 Å². The number of hydrogen-bond donors (Lipinski definition) is 3. The van der Waals surface area contributed by atoms with Gasteiger partial charge in [-0.15, -0.1) is 11.3 Å². The van der Waals surface area contributed by atoms with Crippen molar-refractivity contribution in [1.82, 2.24) is 15.3 Å². The van der Waals surface area contributed by atoms with Gasteiger partial charge >= 0.3 is 0 Å². The number of carbonyl (C=O) groups is 2. The van der Waals surface area contributed by atoms with Gasteiger partial charge in [0, 0.05) is 39.1 Å². The first kappa shape index (κ1) is 27.5. The minimum Gasteiger partial charge on any atom is -0.347 e. The molecule has 0 aliphatic heterocycles. The minimum atomic E-state index is -0.260. The van der Waals surface area contributed by atoms with Crippen molar-refractivity contribution in [1.29, 1.82) is 0 Å². The highest BCUT2D eigenvalue weighted by Gasteiger charge is 2.20. The maximum absolute atomic E-state index is 13.1. The van der Waals surface area contributed by atoms with E-state index in [1.807, 2.05) is 64.1 Å². The first-order chi connectivity index (χ1) is 19.2. The molecule has 0 spiro atoms. The molecular weight excluding hydrogens is 518 g/mol. The highest BCUT2D eigenvalue weighted by atomic mass is 32.1. The molecule has 8 heteroatoms. The number of fused-ring (bicyclic) bond motifs is 1. The zero-order valence-corrected chi connectivity index (χ0v) is 24.2. The number of aromatic nitrogens is 2. The Bertz CT molecular complexity index is 1520. The van der Waals surface area contributed by atoms with Crippen LogP contribution in [0.2, 0.25) is 0 Å². The van der Waals surface area contributed by atoms with E-state index >= 15 is 0 Å². The van der Waals surface area contributed by atoms with Crippen LogP contribution >= 0.6 is 11.3 Å². The fraction of sp³-hybridized carbons (Fsp3) is 0.312. The Morgan fingerprint density at radius 2 is 1.77 bits per heavy atom. The number of nitrogens with zero attached hydrogens (tertiary/aromatic N) is 2. The Morgan fingerprint density at radius 1 is 1.00 bits per heavy atom. The third-order valence-electron chi connectivity index (χ3n) is 7.47. The maximum Gasteiger partial charge on any atom is 0.265 e. The van der Waals surface area contributed by atoms with Gasteiger partial charge in [0.2, 0.25) is 5.95 Å². The SMILES string of the molecule is CCC(C)(C)NC(=O)c1ccc(Nc2nccc(-c3cccc(NC(=O)c4cc5c(s4)CCCC5)c3C)n2)cc1. The van der Waals surface area contributed by atoms with Crippen LogP contribution in [0.5, 0.6) is 0 Å². The van der Waals surface area contributed by atoms with Crippen molar-refractivity contribution in [3.63, 3.8) is 0 Å². The molecule has 0 unspecified atom stereocenters. The first-order valence-corrected chi connectivity index (χ1v) is 14.6. The molecule has 2 aromatic carbocycles. The van der Waals surface area contributed by atoms with Gasteiger partial charge < -0.3 is 16.0 Å². The third kappa shape index (κ3) is 6.23. The predicted octanol–water partition coefficient (Wildman–Crippen LogP) is 7.31. The minimum absolute atomic E-state index is 0.0694. The van der Waals surface area contributed by atoms with Gasteiger partial charge in [0.05, 0.1) is 10.6 Å². The van der Waals surface area contributed by atoms with Crippen LogP contribution in [0.1, 0.15) is 76.1 Å². The van der Waals surface area contributed by atoms with Gasteiger partial charge in [-0.1, -0.05) is 19.1 Å². The lowest BCUT2D eigenvalue weighted by atomic mass is 9.99. The quantitative estimate of drug-likeness (QED) is 0.213. The van der Waals surface area contributed by atoms with Crippen molar-refractivity contribution in [3.8, 4) is 11.3 Å². The number of benzene rings is 2. The summed E-state index contributed by atoms with van der Waals surface area (Å²) in [5.41, 5.74) is 5.80. The van der Waals surface area contributed by atoms with Gasteiger partial charge in [-0.2, -0.15) is 0 Å². The lowest BCUT2D eigenvalue weighted by molar-refractivity contribution is 0.0910. The number of nitrogens with one attached hydrogen (secondary N) is 3. The van der Waals surface area contributed by atoms with E-state index in [2.05, 4.69) is 27.0 Å². The Labute approximate surface area is 239 Å². The molecular formula is C32H35N5O2S. The second kappa shape index (κ2) is 11.6. The first-order valence-electron chi connectivity index (χ1n) is 13.8. The van der Waals surface area contributed by atoms with Crippen LogP contribution in [-0.4, -0.2) is 27.3 Å². The number of hydrogen-bond acceptors (Lipinski definition) is 6. The van der Waals surface area contributed by atoms with Crippen molar-refractivity contribution in [2.45, 2.75) is 65.3 Å². The van der Waals surface area contributed by atoms with Gasteiger partial charge in [-0.05, 0) is 106 Å². The van der Waals surface area contributed by atoms with E-state index in [4.69, 9.17) is 4.98 Å². The normalized spacial score (nSPS) is 12.9. The fourth-order valence-corrected chi connectivity index (χ4v) is 5.85. The molecule has 0 fully saturated rings. The van der Waals surface area contributed by atoms with Crippen molar-refractivity contribution >= 4 is 40.5 Å². The van der Waals surface area contributed by atoms with Crippen molar-refractivity contribution in [2.75, 3.05) is 10.6 Å². The van der Waals surface area contributed by atoms with Crippen LogP contribution in [-0.2, 0) is 12.8 Å². The summed E-state index contributed by atoms with van der Waals surface area (Å²) in [5.74, 6) is 0.276. The molecule has 1 aliphatic rings. The van der Waals surface area contributed by atoms with E-state index in [1.165, 1.54) is 23.3 Å². The van der Waals surface area contributed by atoms with Crippen molar-refractivity contribution in [3.05, 3.63) is 87.2 Å². The van der Waals surface area contributed by atoms with Crippen LogP contribution in [0, 0.1) is 6.92 Å². The smallest absolute Gasteiger partial charge is 0.265 e. The predicted molar refractivity (Wildman–Crippen MR) is 163 cm³/mol. The van der Waals surface area contributed by atoms with Gasteiger partial charge in [-0.25, -0.2) is 9.97 Å². The van der Waals surface area contributed by atoms with E-state index in [0.29, 0.717) is 11.5 Å². The highest BCUT2D eigenvalue weighted by molar-refractivity contribution is 7.14. The summed E-state index contributed by atoms with van der Waals surface area (Å²) in [5, 5.41) is 9.39. The molecule has 4 aromatic rings. The largest absolute Gasteiger partial charge is 0.347 e. The third-order valence-corrected chi connectivity index (χ3v) is 8.71. The molecule has 2 aromatic heterocycles. The van der Waals surface area contributed by atoms with Gasteiger partial charge in [0.15, 0.2) is 0 Å². The Kier molecular flexibility index (Phi) is 7.98. The second-order valence-corrected chi connectivity index (χ2v) is 12.0. The van der Waals surface area contributed by atoms with Crippen LogP contribution in [0.3, 0.4) is 0 Å². The Hall–Kier alpha value is -4.04. The molecule has 7 nitrogen and oxygen atoms in total. The maximum atomic E-state index is 13.1. The summed E-state index contributed by atoms with van der Waals surface area (Å²) < 4.78 is 0. The molecule has 3 N–H and O–H groups in total. The standard InChI is InChI=1S/C32H35N5O2S/c1-5-32(3,4)37-29(38)21-13-15-23(16-14-21)34-31-33-18-17-26(36-31)24-10-8-11-25(20(24)2)35-30(39)28-19-22-9-6-7-12-27(22)40-28/h8,10-11,13-19H,5-7,9,12H2,1-4H3,(H,35,39)(H,37,38)(H,33,34,36). The van der Waals surface area contributed by atoms with E-state index in [1.54, 1.807) is 29.7 Å². The van der Waals surface area contributed by atoms with Crippen LogP contribution < -0.4 is 16.0 Å². The van der Waals surface area contributed by atoms with Crippen molar-refractivity contribution < 1.29 is 9.59 Å². The summed E-state index contributed by atoms with van der Waals surface area (Å²) in [4.78, 5) is 36.9. The topological polar surface area (TPSA) is 96.0 Å². The number of carbonyl (C=O) groups excluding carboxylic acids is 2. The summed E-state index contributed by atoms with van der Waals surface area (Å²) in [6.07, 6.45) is 7.08. The van der Waals surface area contributed by atoms with E-state index in [0.717, 1.165) is 52.3 Å². The zero-order chi connectivity index (χ0) is 28.3. The average molecular weight is 554 g/mol. The van der Waals surface area contributed by atoms with E-state index in [9.17, 15) is 9.59 Å². The number of aryl methyl sites for hydroxylation is 2. The number of rotatable bonds is 8. The summed E-state index contributed by atoms with van der Waals surface area (Å²) in [6.45, 7) is 8.05. The van der Waals surface area contributed by atoms with Crippen LogP contribution in [0.15, 0.2) is 60.8 Å². The summed E-state index contributed by atoms with van der Waals surface area (Å²) >= 11 is 1.61. The van der Waals surface area contributed by atoms with Crippen LogP contribution in [0.25, 0.3) is 11.3 Å². The average Bonchev–Trinajstić information content (AvgIpc) is 3.39. The van der Waals surface area contributed by atoms with Gasteiger partial charge in [0.1, 0.15) is 0 Å². The molecule has 206 valence electrons. The number of amides is 2. The monoisotopic (exact) mass is 553 g/mol. The van der Waals surface area contributed by atoms with Crippen molar-refractivity contribution in [2.24, 2.45) is 0 Å². The molecule has 0 bridgehead atoms. The van der Waals surface area contributed by atoms with E-state index < -0.39 is 0 Å². The molecule has 2 heterocycles. The second-order valence-electron chi connectivity index (χ2n) is 10.9. The molecule has 0 atom stereocenters. The molecule has 0 saturated carbocycles. The summed E-state index contributed by atoms with van der Waals surface area (Å²) in [7, 11) is 0. The lowest BCUT2D eigenvalue weighted by Gasteiger charge is -2.24. The Balaban J connectivity index is 1.29. The zero-order valence-electron chi connectivity index (χ0n) is 23.4. The van der Waals surface area contributed by atoms with Gasteiger partial charge in [-0.3, -0.25) is 9.59 Å². The van der Waals surface area contributed by atoms with Gasteiger partial charge in [0.25, 0.3) is 11.8 Å². The molecule has 5 rings (SSSR count). The lowest BCUT2D eigenvalue weighted by Crippen LogP contribution is -2.42. The fourth-order valence-electron chi connectivity index (χ4n) is 4.71. The molecule has 0 saturated heterocycles. The molecule has 0 radical (unpaired) electrons. The molecule has 1 aliphatic carbocycles. The molecule has 2 amide bonds. The molecule has 40 heavy (non-hydrogen) atoms. The Morgan fingerprint density at radius 3 is 2.52 bits per heavy atom. The van der Waals surface area contributed by atoms with E-state index in [-0.39, 0.29) is 17.4 Å². The summed E-state index contributed by atoms with van der Waals surface area (Å²) in [6, 6.07) is 17.0. The number of thiophene rings is 1. The number of anilines is 3. The highest BCUT2D eigenvalue weighted by Crippen LogP contribution is 2.32.